The van der Waals surface area contributed by atoms with Crippen molar-refractivity contribution >= 4 is 32.8 Å². The molecule has 1 fully saturated rings. The molecule has 0 saturated carbocycles. The van der Waals surface area contributed by atoms with Crippen molar-refractivity contribution in [3.05, 3.63) is 39.5 Å². The summed E-state index contributed by atoms with van der Waals surface area (Å²) in [6.07, 6.45) is 1.16. The summed E-state index contributed by atoms with van der Waals surface area (Å²) in [5, 5.41) is 0.672. The third kappa shape index (κ3) is 2.18. The van der Waals surface area contributed by atoms with Crippen molar-refractivity contribution in [1.82, 2.24) is 0 Å². The fourth-order valence-corrected chi connectivity index (χ4v) is 2.75. The lowest BCUT2D eigenvalue weighted by Crippen LogP contribution is -2.37. The van der Waals surface area contributed by atoms with Gasteiger partial charge in [0, 0.05) is 29.5 Å². The Bertz CT molecular complexity index is 686. The Morgan fingerprint density at radius 2 is 2.05 bits per heavy atom. The van der Waals surface area contributed by atoms with Crippen LogP contribution >= 0.6 is 15.9 Å². The minimum atomic E-state index is 0.0428. The van der Waals surface area contributed by atoms with Crippen molar-refractivity contribution in [2.75, 3.05) is 18.0 Å². The summed E-state index contributed by atoms with van der Waals surface area (Å²) in [7, 11) is 0. The van der Waals surface area contributed by atoms with E-state index in [9.17, 15) is 4.79 Å². The molecule has 0 aliphatic carbocycles. The molecule has 1 aliphatic rings. The van der Waals surface area contributed by atoms with Gasteiger partial charge in [-0.05, 0) is 31.9 Å². The maximum atomic E-state index is 12.3. The molecule has 2 heterocycles. The molecule has 1 aromatic heterocycles. The van der Waals surface area contributed by atoms with E-state index in [1.165, 1.54) is 0 Å². The molecule has 3 rings (SSSR count). The summed E-state index contributed by atoms with van der Waals surface area (Å²) >= 11 is 3.58. The number of aryl methyl sites for hydroxylation is 1. The number of rotatable bonds is 2. The number of hydrogen-bond acceptors (Lipinski definition) is 3. The molecular weight excluding hydrogens is 306 g/mol. The summed E-state index contributed by atoms with van der Waals surface area (Å²) in [6.45, 7) is 5.99. The lowest BCUT2D eigenvalue weighted by molar-refractivity contribution is 0.513. The van der Waals surface area contributed by atoms with Crippen LogP contribution in [-0.2, 0) is 0 Å². The largest absolute Gasteiger partial charge is 0.440 e. The van der Waals surface area contributed by atoms with Gasteiger partial charge in [0.1, 0.15) is 5.58 Å². The monoisotopic (exact) mass is 321 g/mol. The van der Waals surface area contributed by atoms with Gasteiger partial charge in [0.05, 0.1) is 5.39 Å². The van der Waals surface area contributed by atoms with E-state index >= 15 is 0 Å². The van der Waals surface area contributed by atoms with Crippen LogP contribution in [0.3, 0.4) is 0 Å². The van der Waals surface area contributed by atoms with Gasteiger partial charge in [0.15, 0.2) is 11.3 Å². The van der Waals surface area contributed by atoms with Crippen LogP contribution in [-0.4, -0.2) is 13.1 Å². The number of fused-ring (bicyclic) bond motifs is 1. The van der Waals surface area contributed by atoms with E-state index < -0.39 is 0 Å². The van der Waals surface area contributed by atoms with Crippen molar-refractivity contribution in [1.29, 1.82) is 0 Å². The van der Waals surface area contributed by atoms with Crippen molar-refractivity contribution in [3.63, 3.8) is 0 Å². The lowest BCUT2D eigenvalue weighted by Gasteiger charge is -2.31. The van der Waals surface area contributed by atoms with Crippen LogP contribution in [0.25, 0.3) is 11.0 Å². The van der Waals surface area contributed by atoms with Gasteiger partial charge in [0.2, 0.25) is 0 Å². The predicted octanol–water partition coefficient (Wildman–Crippen LogP) is 3.77. The first-order valence-electron chi connectivity index (χ1n) is 6.53. The number of benzene rings is 1. The van der Waals surface area contributed by atoms with Crippen LogP contribution in [0, 0.1) is 6.92 Å². The van der Waals surface area contributed by atoms with E-state index in [0.29, 0.717) is 16.9 Å². The van der Waals surface area contributed by atoms with Crippen molar-refractivity contribution < 1.29 is 4.42 Å². The average molecular weight is 322 g/mol. The Kier molecular flexibility index (Phi) is 3.13. The summed E-state index contributed by atoms with van der Waals surface area (Å²) < 4.78 is 5.99. The number of nitrogens with zero attached hydrogens (tertiary/aromatic N) is 1. The topological polar surface area (TPSA) is 33.5 Å². The first kappa shape index (κ1) is 12.7. The second-order valence-electron chi connectivity index (χ2n) is 5.14. The Morgan fingerprint density at radius 1 is 1.32 bits per heavy atom. The van der Waals surface area contributed by atoms with Gasteiger partial charge in [-0.1, -0.05) is 22.0 Å². The highest BCUT2D eigenvalue weighted by Crippen LogP contribution is 2.32. The fraction of sp³-hybridized carbons (Fsp3) is 0.400. The summed E-state index contributed by atoms with van der Waals surface area (Å²) in [5.74, 6) is 0.696. The quantitative estimate of drug-likeness (QED) is 0.789. The molecule has 0 radical (unpaired) electrons. The molecule has 1 saturated heterocycles. The number of alkyl halides is 1. The van der Waals surface area contributed by atoms with Gasteiger partial charge in [-0.2, -0.15) is 0 Å². The highest BCUT2D eigenvalue weighted by atomic mass is 79.9. The van der Waals surface area contributed by atoms with Gasteiger partial charge in [-0.25, -0.2) is 0 Å². The zero-order valence-corrected chi connectivity index (χ0v) is 12.7. The number of hydrogen-bond donors (Lipinski definition) is 0. The summed E-state index contributed by atoms with van der Waals surface area (Å²) in [5.41, 5.74) is 2.87. The van der Waals surface area contributed by atoms with Crippen LogP contribution in [0.5, 0.6) is 0 Å². The van der Waals surface area contributed by atoms with Crippen LogP contribution in [0.15, 0.2) is 27.4 Å². The summed E-state index contributed by atoms with van der Waals surface area (Å²) in [4.78, 5) is 14.5. The van der Waals surface area contributed by atoms with Gasteiger partial charge < -0.3 is 9.32 Å². The van der Waals surface area contributed by atoms with Gasteiger partial charge >= 0.3 is 0 Å². The average Bonchev–Trinajstić information content (AvgIpc) is 2.27. The first-order valence-corrected chi connectivity index (χ1v) is 7.45. The van der Waals surface area contributed by atoms with Gasteiger partial charge in [-0.3, -0.25) is 4.79 Å². The first-order chi connectivity index (χ1) is 9.06. The predicted molar refractivity (Wildman–Crippen MR) is 81.4 cm³/mol. The third-order valence-corrected chi connectivity index (χ3v) is 4.08. The second kappa shape index (κ2) is 4.67. The number of anilines is 1. The third-order valence-electron chi connectivity index (χ3n) is 3.58. The minimum absolute atomic E-state index is 0.0428. The molecule has 0 N–H and O–H groups in total. The highest BCUT2D eigenvalue weighted by molar-refractivity contribution is 9.09. The lowest BCUT2D eigenvalue weighted by atomic mass is 10.0. The Labute approximate surface area is 120 Å². The maximum absolute atomic E-state index is 12.3. The molecule has 1 aromatic carbocycles. The van der Waals surface area contributed by atoms with E-state index in [4.69, 9.17) is 4.42 Å². The van der Waals surface area contributed by atoms with Crippen LogP contribution in [0.4, 0.5) is 5.88 Å². The minimum Gasteiger partial charge on any atom is -0.440 e. The molecule has 19 heavy (non-hydrogen) atoms. The molecule has 2 aromatic rings. The zero-order valence-electron chi connectivity index (χ0n) is 11.1. The number of halogens is 1. The van der Waals surface area contributed by atoms with E-state index in [0.717, 1.165) is 30.6 Å². The molecule has 100 valence electrons. The molecule has 0 spiro atoms. The smallest absolute Gasteiger partial charge is 0.200 e. The maximum Gasteiger partial charge on any atom is 0.200 e. The van der Waals surface area contributed by atoms with Crippen LogP contribution < -0.4 is 10.3 Å². The van der Waals surface area contributed by atoms with Crippen molar-refractivity contribution in [3.8, 4) is 0 Å². The Balaban J connectivity index is 2.29. The summed E-state index contributed by atoms with van der Waals surface area (Å²) in [6, 6.07) is 5.59. The molecule has 4 heteroatoms. The van der Waals surface area contributed by atoms with Crippen LogP contribution in [0.1, 0.15) is 29.3 Å². The molecule has 0 bridgehead atoms. The molecule has 3 nitrogen and oxygen atoms in total. The molecule has 1 unspecified atom stereocenters. The molecule has 1 aliphatic heterocycles. The van der Waals surface area contributed by atoms with Gasteiger partial charge in [-0.15, -0.1) is 0 Å². The Hall–Kier alpha value is -1.29. The van der Waals surface area contributed by atoms with Crippen molar-refractivity contribution in [2.45, 2.75) is 25.1 Å². The van der Waals surface area contributed by atoms with Crippen molar-refractivity contribution in [2.24, 2.45) is 0 Å². The fourth-order valence-electron chi connectivity index (χ4n) is 2.41. The highest BCUT2D eigenvalue weighted by Gasteiger charge is 2.20. The molecule has 0 amide bonds. The zero-order chi connectivity index (χ0) is 13.6. The van der Waals surface area contributed by atoms with Gasteiger partial charge in [0.25, 0.3) is 0 Å². The second-order valence-corrected chi connectivity index (χ2v) is 6.51. The van der Waals surface area contributed by atoms with E-state index in [1.54, 1.807) is 6.07 Å². The normalized spacial score (nSPS) is 16.5. The van der Waals surface area contributed by atoms with E-state index in [1.807, 2.05) is 19.9 Å². The van der Waals surface area contributed by atoms with E-state index in [2.05, 4.69) is 26.9 Å². The Morgan fingerprint density at radius 3 is 2.63 bits per heavy atom. The SMILES string of the molecule is Cc1cc(C(C)Br)c2oc(N3CCC3)cc(=O)c2c1. The molecular formula is C15H16BrNO2. The van der Waals surface area contributed by atoms with Crippen LogP contribution in [0.2, 0.25) is 0 Å². The molecule has 1 atom stereocenters. The van der Waals surface area contributed by atoms with E-state index in [-0.39, 0.29) is 10.3 Å². The standard InChI is InChI=1S/C15H16BrNO2/c1-9-6-11(10(2)16)15-12(7-9)13(18)8-14(19-15)17-4-3-5-17/h6-8,10H,3-5H2,1-2H3.